The van der Waals surface area contributed by atoms with Gasteiger partial charge >= 0.3 is 0 Å². The minimum absolute atomic E-state index is 0.0571. The standard InChI is InChI=1S/C20H17ClFN3OS/c21-15-3-1-2-14(12-15)19-23-18(13-27-19)20(26)25-10-8-24(9-11-25)17-6-4-16(22)5-7-17/h1-7,12-13H,8-11H2. The molecular formula is C20H17ClFN3OS. The minimum Gasteiger partial charge on any atom is -0.368 e. The van der Waals surface area contributed by atoms with Gasteiger partial charge in [0.2, 0.25) is 0 Å². The van der Waals surface area contributed by atoms with Crippen molar-refractivity contribution in [2.24, 2.45) is 0 Å². The molecule has 2 heterocycles. The first-order valence-corrected chi connectivity index (χ1v) is 9.87. The van der Waals surface area contributed by atoms with Crippen LogP contribution in [0.1, 0.15) is 10.5 Å². The Morgan fingerprint density at radius 2 is 1.81 bits per heavy atom. The molecule has 0 spiro atoms. The zero-order chi connectivity index (χ0) is 18.8. The number of halogens is 2. The first kappa shape index (κ1) is 17.9. The predicted molar refractivity (Wildman–Crippen MR) is 107 cm³/mol. The molecule has 27 heavy (non-hydrogen) atoms. The van der Waals surface area contributed by atoms with Crippen LogP contribution in [-0.2, 0) is 0 Å². The summed E-state index contributed by atoms with van der Waals surface area (Å²) in [5.74, 6) is -0.301. The number of benzene rings is 2. The highest BCUT2D eigenvalue weighted by Crippen LogP contribution is 2.27. The second-order valence-corrected chi connectivity index (χ2v) is 7.60. The van der Waals surface area contributed by atoms with Crippen molar-refractivity contribution < 1.29 is 9.18 Å². The molecule has 1 aliphatic rings. The molecule has 1 saturated heterocycles. The van der Waals surface area contributed by atoms with Gasteiger partial charge in [-0.15, -0.1) is 11.3 Å². The molecule has 0 unspecified atom stereocenters. The summed E-state index contributed by atoms with van der Waals surface area (Å²) in [7, 11) is 0. The Morgan fingerprint density at radius 1 is 1.07 bits per heavy atom. The van der Waals surface area contributed by atoms with Gasteiger partial charge in [-0.05, 0) is 36.4 Å². The molecule has 1 fully saturated rings. The molecule has 138 valence electrons. The summed E-state index contributed by atoms with van der Waals surface area (Å²) in [4.78, 5) is 21.2. The largest absolute Gasteiger partial charge is 0.368 e. The van der Waals surface area contributed by atoms with E-state index in [1.807, 2.05) is 29.2 Å². The van der Waals surface area contributed by atoms with Gasteiger partial charge in [-0.3, -0.25) is 4.79 Å². The molecule has 2 aromatic carbocycles. The van der Waals surface area contributed by atoms with E-state index in [0.29, 0.717) is 36.9 Å². The van der Waals surface area contributed by atoms with Crippen LogP contribution in [0.15, 0.2) is 53.9 Å². The molecule has 1 aromatic heterocycles. The molecule has 7 heteroatoms. The molecule has 0 bridgehead atoms. The Hall–Kier alpha value is -2.44. The number of amides is 1. The van der Waals surface area contributed by atoms with Crippen molar-refractivity contribution in [1.29, 1.82) is 0 Å². The number of hydrogen-bond donors (Lipinski definition) is 0. The molecular weight excluding hydrogens is 385 g/mol. The smallest absolute Gasteiger partial charge is 0.273 e. The number of carbonyl (C=O) groups is 1. The number of rotatable bonds is 3. The lowest BCUT2D eigenvalue weighted by Crippen LogP contribution is -2.48. The van der Waals surface area contributed by atoms with Crippen molar-refractivity contribution in [3.63, 3.8) is 0 Å². The van der Waals surface area contributed by atoms with E-state index < -0.39 is 0 Å². The van der Waals surface area contributed by atoms with Crippen LogP contribution in [0.25, 0.3) is 10.6 Å². The van der Waals surface area contributed by atoms with Gasteiger partial charge in [-0.2, -0.15) is 0 Å². The number of thiazole rings is 1. The summed E-state index contributed by atoms with van der Waals surface area (Å²) in [6.45, 7) is 2.64. The van der Waals surface area contributed by atoms with Crippen LogP contribution in [0.3, 0.4) is 0 Å². The average Bonchev–Trinajstić information content (AvgIpc) is 3.18. The number of piperazine rings is 1. The highest BCUT2D eigenvalue weighted by molar-refractivity contribution is 7.13. The van der Waals surface area contributed by atoms with Crippen LogP contribution in [0.2, 0.25) is 5.02 Å². The van der Waals surface area contributed by atoms with Gasteiger partial charge in [-0.1, -0.05) is 23.7 Å². The van der Waals surface area contributed by atoms with Crippen LogP contribution < -0.4 is 4.90 Å². The van der Waals surface area contributed by atoms with Gasteiger partial charge in [0, 0.05) is 47.8 Å². The fourth-order valence-corrected chi connectivity index (χ4v) is 4.09. The maximum atomic E-state index is 13.1. The van der Waals surface area contributed by atoms with E-state index in [-0.39, 0.29) is 11.7 Å². The highest BCUT2D eigenvalue weighted by atomic mass is 35.5. The lowest BCUT2D eigenvalue weighted by Gasteiger charge is -2.35. The molecule has 3 aromatic rings. The van der Waals surface area contributed by atoms with E-state index in [1.165, 1.54) is 23.5 Å². The number of carbonyl (C=O) groups excluding carboxylic acids is 1. The van der Waals surface area contributed by atoms with Crippen LogP contribution >= 0.6 is 22.9 Å². The fraction of sp³-hybridized carbons (Fsp3) is 0.200. The number of anilines is 1. The van der Waals surface area contributed by atoms with E-state index in [9.17, 15) is 9.18 Å². The SMILES string of the molecule is O=C(c1csc(-c2cccc(Cl)c2)n1)N1CCN(c2ccc(F)cc2)CC1. The van der Waals surface area contributed by atoms with E-state index in [2.05, 4.69) is 9.88 Å². The Labute approximate surface area is 165 Å². The van der Waals surface area contributed by atoms with Crippen molar-refractivity contribution in [3.05, 3.63) is 70.4 Å². The molecule has 0 saturated carbocycles. The quantitative estimate of drug-likeness (QED) is 0.645. The van der Waals surface area contributed by atoms with Crippen molar-refractivity contribution in [2.75, 3.05) is 31.1 Å². The lowest BCUT2D eigenvalue weighted by atomic mass is 10.2. The third-order valence-corrected chi connectivity index (χ3v) is 5.68. The molecule has 0 aliphatic carbocycles. The number of nitrogens with zero attached hydrogens (tertiary/aromatic N) is 3. The normalized spacial score (nSPS) is 14.4. The van der Waals surface area contributed by atoms with Gasteiger partial charge in [0.05, 0.1) is 0 Å². The van der Waals surface area contributed by atoms with Crippen LogP contribution in [0.4, 0.5) is 10.1 Å². The number of hydrogen-bond acceptors (Lipinski definition) is 4. The van der Waals surface area contributed by atoms with Crippen molar-refractivity contribution in [2.45, 2.75) is 0 Å². The first-order valence-electron chi connectivity index (χ1n) is 8.61. The molecule has 4 nitrogen and oxygen atoms in total. The summed E-state index contributed by atoms with van der Waals surface area (Å²) >= 11 is 7.47. The van der Waals surface area contributed by atoms with Crippen LogP contribution in [-0.4, -0.2) is 42.0 Å². The second kappa shape index (κ2) is 7.66. The summed E-state index contributed by atoms with van der Waals surface area (Å²) < 4.78 is 13.1. The average molecular weight is 402 g/mol. The van der Waals surface area contributed by atoms with Gasteiger partial charge in [0.15, 0.2) is 0 Å². The van der Waals surface area contributed by atoms with Crippen LogP contribution in [0, 0.1) is 5.82 Å². The van der Waals surface area contributed by atoms with Crippen molar-refractivity contribution in [3.8, 4) is 10.6 Å². The predicted octanol–water partition coefficient (Wildman–Crippen LogP) is 4.57. The summed E-state index contributed by atoms with van der Waals surface area (Å²) in [6.07, 6.45) is 0. The molecule has 1 amide bonds. The molecule has 1 aliphatic heterocycles. The Morgan fingerprint density at radius 3 is 2.52 bits per heavy atom. The summed E-state index contributed by atoms with van der Waals surface area (Å²) in [6, 6.07) is 13.9. The maximum Gasteiger partial charge on any atom is 0.273 e. The third-order valence-electron chi connectivity index (χ3n) is 4.55. The third kappa shape index (κ3) is 3.96. The van der Waals surface area contributed by atoms with Gasteiger partial charge in [0.25, 0.3) is 5.91 Å². The minimum atomic E-state index is -0.244. The van der Waals surface area contributed by atoms with Crippen molar-refractivity contribution in [1.82, 2.24) is 9.88 Å². The zero-order valence-corrected chi connectivity index (χ0v) is 16.0. The van der Waals surface area contributed by atoms with Gasteiger partial charge in [0.1, 0.15) is 16.5 Å². The highest BCUT2D eigenvalue weighted by Gasteiger charge is 2.24. The molecule has 4 rings (SSSR count). The number of aromatic nitrogens is 1. The van der Waals surface area contributed by atoms with E-state index >= 15 is 0 Å². The van der Waals surface area contributed by atoms with Crippen LogP contribution in [0.5, 0.6) is 0 Å². The van der Waals surface area contributed by atoms with E-state index in [1.54, 1.807) is 17.5 Å². The Bertz CT molecular complexity index is 952. The van der Waals surface area contributed by atoms with Crippen molar-refractivity contribution >= 4 is 34.5 Å². The molecule has 0 N–H and O–H groups in total. The Kier molecular flexibility index (Phi) is 5.09. The first-order chi connectivity index (χ1) is 13.1. The van der Waals surface area contributed by atoms with E-state index in [0.717, 1.165) is 16.3 Å². The van der Waals surface area contributed by atoms with E-state index in [4.69, 9.17) is 11.6 Å². The van der Waals surface area contributed by atoms with Gasteiger partial charge < -0.3 is 9.80 Å². The zero-order valence-electron chi connectivity index (χ0n) is 14.4. The second-order valence-electron chi connectivity index (χ2n) is 6.30. The summed E-state index contributed by atoms with van der Waals surface area (Å²) in [5.41, 5.74) is 2.35. The Balaban J connectivity index is 1.42. The fourth-order valence-electron chi connectivity index (χ4n) is 3.11. The summed E-state index contributed by atoms with van der Waals surface area (Å²) in [5, 5.41) is 3.23. The maximum absolute atomic E-state index is 13.1. The lowest BCUT2D eigenvalue weighted by molar-refractivity contribution is 0.0742. The molecule has 0 radical (unpaired) electrons. The van der Waals surface area contributed by atoms with Gasteiger partial charge in [-0.25, -0.2) is 9.37 Å². The topological polar surface area (TPSA) is 36.4 Å². The molecule has 0 atom stereocenters. The monoisotopic (exact) mass is 401 g/mol.